The largest absolute Gasteiger partial charge is 0.274 e. The van der Waals surface area contributed by atoms with Crippen molar-refractivity contribution in [2.45, 2.75) is 24.2 Å². The Labute approximate surface area is 250 Å². The smallest absolute Gasteiger partial charge is 0.253 e. The van der Waals surface area contributed by atoms with Crippen LogP contribution >= 0.6 is 0 Å². The van der Waals surface area contributed by atoms with E-state index >= 15 is 0 Å². The van der Waals surface area contributed by atoms with Crippen molar-refractivity contribution in [1.29, 1.82) is 0 Å². The van der Waals surface area contributed by atoms with Gasteiger partial charge in [0, 0.05) is 0 Å². The number of benzene rings is 4. The molecule has 218 valence electrons. The van der Waals surface area contributed by atoms with Gasteiger partial charge in [-0.3, -0.25) is 19.2 Å². The molecule has 8 nitrogen and oxygen atoms in total. The van der Waals surface area contributed by atoms with Gasteiger partial charge >= 0.3 is 0 Å². The Morgan fingerprint density at radius 1 is 0.409 bits per heavy atom. The molecule has 6 atom stereocenters. The molecule has 44 heavy (non-hydrogen) atoms. The van der Waals surface area contributed by atoms with Gasteiger partial charge < -0.3 is 0 Å². The van der Waals surface area contributed by atoms with Crippen LogP contribution in [0.3, 0.4) is 0 Å². The van der Waals surface area contributed by atoms with Gasteiger partial charge in [0.2, 0.25) is 11.8 Å². The number of hydrogen-bond acceptors (Lipinski definition) is 6. The summed E-state index contributed by atoms with van der Waals surface area (Å²) in [4.78, 5) is 59.3. The van der Waals surface area contributed by atoms with Crippen LogP contribution in [0.15, 0.2) is 109 Å². The average molecular weight is 591 g/mol. The van der Waals surface area contributed by atoms with Gasteiger partial charge in [-0.05, 0) is 59.7 Å². The molecule has 0 aliphatic carbocycles. The number of hydrogen-bond donors (Lipinski definition) is 0. The van der Waals surface area contributed by atoms with Crippen LogP contribution in [-0.2, 0) is 19.2 Å². The van der Waals surface area contributed by atoms with Crippen LogP contribution in [0.2, 0.25) is 0 Å². The van der Waals surface area contributed by atoms with Crippen LogP contribution in [-0.4, -0.2) is 45.7 Å². The maximum Gasteiger partial charge on any atom is 0.253 e. The maximum atomic E-state index is 14.3. The third kappa shape index (κ3) is 3.61. The Kier molecular flexibility index (Phi) is 5.87. The quantitative estimate of drug-likeness (QED) is 0.328. The molecule has 0 bridgehead atoms. The van der Waals surface area contributed by atoms with E-state index in [-0.39, 0.29) is 11.4 Å². The minimum atomic E-state index is -1.02. The van der Waals surface area contributed by atoms with Gasteiger partial charge in [-0.25, -0.2) is 28.6 Å². The number of carbonyl (C=O) groups is 4. The molecular formula is C34H24F2N4O4. The van der Waals surface area contributed by atoms with Crippen molar-refractivity contribution < 1.29 is 28.0 Å². The fourth-order valence-corrected chi connectivity index (χ4v) is 7.49. The van der Waals surface area contributed by atoms with Gasteiger partial charge in [-0.15, -0.1) is 0 Å². The highest BCUT2D eigenvalue weighted by Gasteiger charge is 2.73. The van der Waals surface area contributed by atoms with E-state index in [4.69, 9.17) is 0 Å². The van der Waals surface area contributed by atoms with Crippen molar-refractivity contribution in [2.24, 2.45) is 11.8 Å². The van der Waals surface area contributed by atoms with Gasteiger partial charge in [-0.1, -0.05) is 60.7 Å². The van der Waals surface area contributed by atoms with E-state index in [1.54, 1.807) is 10.0 Å². The minimum Gasteiger partial charge on any atom is -0.274 e. The van der Waals surface area contributed by atoms with E-state index in [0.717, 1.165) is 9.80 Å². The van der Waals surface area contributed by atoms with Gasteiger partial charge in [0.15, 0.2) is 0 Å². The van der Waals surface area contributed by atoms with Crippen LogP contribution in [0.4, 0.5) is 20.2 Å². The second kappa shape index (κ2) is 9.73. The van der Waals surface area contributed by atoms with Crippen molar-refractivity contribution in [2.75, 3.05) is 9.80 Å². The van der Waals surface area contributed by atoms with Crippen molar-refractivity contribution >= 4 is 35.0 Å². The lowest BCUT2D eigenvalue weighted by atomic mass is 9.84. The third-order valence-corrected chi connectivity index (χ3v) is 9.18. The monoisotopic (exact) mass is 590 g/mol. The summed E-state index contributed by atoms with van der Waals surface area (Å²) in [5.41, 5.74) is 1.92. The molecule has 4 aromatic carbocycles. The summed E-state index contributed by atoms with van der Waals surface area (Å²) in [6, 6.07) is 25.1. The molecule has 0 saturated carbocycles. The van der Waals surface area contributed by atoms with Crippen LogP contribution in [0.25, 0.3) is 0 Å². The summed E-state index contributed by atoms with van der Waals surface area (Å²) >= 11 is 0. The molecule has 10 heteroatoms. The molecule has 4 heterocycles. The molecule has 4 aliphatic heterocycles. The zero-order valence-corrected chi connectivity index (χ0v) is 23.0. The lowest BCUT2D eigenvalue weighted by molar-refractivity contribution is -0.136. The second-order valence-electron chi connectivity index (χ2n) is 11.4. The Morgan fingerprint density at radius 2 is 0.750 bits per heavy atom. The first-order chi connectivity index (χ1) is 21.4. The predicted molar refractivity (Wildman–Crippen MR) is 154 cm³/mol. The highest BCUT2D eigenvalue weighted by atomic mass is 19.1. The molecule has 0 spiro atoms. The normalized spacial score (nSPS) is 28.1. The summed E-state index contributed by atoms with van der Waals surface area (Å²) in [6.07, 6.45) is 0. The number of carbonyl (C=O) groups excluding carboxylic acids is 4. The van der Waals surface area contributed by atoms with E-state index in [2.05, 4.69) is 0 Å². The van der Waals surface area contributed by atoms with E-state index in [9.17, 15) is 28.0 Å². The molecule has 4 aromatic rings. The summed E-state index contributed by atoms with van der Waals surface area (Å²) in [5.74, 6) is -4.77. The number of imide groups is 2. The standard InChI is InChI=1S/C34H24F2N4O4/c35-21-11-15-23(16-12-21)37-31(41)25-27(19-7-3-1-4-8-19)39-30-26(32(42)38(34(30)44)24-17-13-22(36)14-18-24)28(20-9-5-2-6-10-20)40(39)29(25)33(37)43/h1-18,25-30H/t25-,26-,27-,28+,29+,30-/m1/s1. The molecule has 0 radical (unpaired) electrons. The summed E-state index contributed by atoms with van der Waals surface area (Å²) < 4.78 is 27.6. The summed E-state index contributed by atoms with van der Waals surface area (Å²) in [6.45, 7) is 0. The Bertz CT molecular complexity index is 1690. The van der Waals surface area contributed by atoms with Crippen molar-refractivity contribution in [3.63, 3.8) is 0 Å². The number of rotatable bonds is 4. The molecule has 4 amide bonds. The molecule has 4 saturated heterocycles. The first kappa shape index (κ1) is 26.6. The molecule has 0 N–H and O–H groups in total. The topological polar surface area (TPSA) is 81.2 Å². The fraction of sp³-hybridized carbons (Fsp3) is 0.176. The van der Waals surface area contributed by atoms with Crippen molar-refractivity contribution in [3.05, 3.63) is 132 Å². The molecule has 4 fully saturated rings. The Balaban J connectivity index is 1.32. The SMILES string of the molecule is O=C1[C@H]2[C@@H](C(=O)N1c1ccc(F)cc1)N1[C@@H](c3ccccc3)[C@H]3C(=O)N(c4ccc(F)cc4)C(=O)[C@@H]3N1[C@@H]2c1ccccc1. The van der Waals surface area contributed by atoms with Gasteiger partial charge in [0.25, 0.3) is 11.8 Å². The van der Waals surface area contributed by atoms with Crippen molar-refractivity contribution in [1.82, 2.24) is 10.0 Å². The lowest BCUT2D eigenvalue weighted by Crippen LogP contribution is -2.50. The number of nitrogens with zero attached hydrogens (tertiary/aromatic N) is 4. The molecule has 0 unspecified atom stereocenters. The van der Waals surface area contributed by atoms with Crippen LogP contribution < -0.4 is 9.80 Å². The van der Waals surface area contributed by atoms with Gasteiger partial charge in [0.1, 0.15) is 23.7 Å². The summed E-state index contributed by atoms with van der Waals surface area (Å²) in [7, 11) is 0. The number of amides is 4. The highest BCUT2D eigenvalue weighted by Crippen LogP contribution is 2.59. The summed E-state index contributed by atoms with van der Waals surface area (Å²) in [5, 5.41) is 3.54. The predicted octanol–water partition coefficient (Wildman–Crippen LogP) is 4.41. The molecule has 0 aromatic heterocycles. The number of halogens is 2. The average Bonchev–Trinajstić information content (AvgIpc) is 3.71. The van der Waals surface area contributed by atoms with E-state index in [1.807, 2.05) is 60.7 Å². The number of hydrazine groups is 1. The minimum absolute atomic E-state index is 0.249. The van der Waals surface area contributed by atoms with Gasteiger partial charge in [0.05, 0.1) is 35.3 Å². The Hall–Kier alpha value is -5.06. The van der Waals surface area contributed by atoms with Crippen molar-refractivity contribution in [3.8, 4) is 0 Å². The van der Waals surface area contributed by atoms with E-state index in [0.29, 0.717) is 11.1 Å². The molecule has 8 rings (SSSR count). The first-order valence-electron chi connectivity index (χ1n) is 14.3. The molecule has 4 aliphatic rings. The fourth-order valence-electron chi connectivity index (χ4n) is 7.49. The van der Waals surface area contributed by atoms with E-state index < -0.39 is 71.3 Å². The number of fused-ring (bicyclic) bond motifs is 5. The second-order valence-corrected chi connectivity index (χ2v) is 11.4. The zero-order chi connectivity index (χ0) is 30.3. The van der Waals surface area contributed by atoms with Gasteiger partial charge in [-0.2, -0.15) is 0 Å². The van der Waals surface area contributed by atoms with Crippen LogP contribution in [0.5, 0.6) is 0 Å². The van der Waals surface area contributed by atoms with Crippen LogP contribution in [0.1, 0.15) is 23.2 Å². The Morgan fingerprint density at radius 3 is 1.09 bits per heavy atom. The highest BCUT2D eigenvalue weighted by molar-refractivity contribution is 6.26. The first-order valence-corrected chi connectivity index (χ1v) is 14.3. The number of anilines is 2. The zero-order valence-electron chi connectivity index (χ0n) is 23.0. The third-order valence-electron chi connectivity index (χ3n) is 9.18. The maximum absolute atomic E-state index is 14.3. The lowest BCUT2D eigenvalue weighted by Gasteiger charge is -2.35. The molecular weight excluding hydrogens is 566 g/mol. The van der Waals surface area contributed by atoms with Crippen LogP contribution in [0, 0.1) is 23.5 Å². The van der Waals surface area contributed by atoms with E-state index in [1.165, 1.54) is 48.5 Å².